The molecule has 2 aromatic rings. The molecule has 0 bridgehead atoms. The predicted molar refractivity (Wildman–Crippen MR) is 79.4 cm³/mol. The second-order valence-electron chi connectivity index (χ2n) is 4.19. The number of aromatic nitrogens is 1. The van der Waals surface area contributed by atoms with Gasteiger partial charge in [0.05, 0.1) is 17.2 Å². The number of amides is 1. The van der Waals surface area contributed by atoms with Gasteiger partial charge in [0.15, 0.2) is 0 Å². The highest BCUT2D eigenvalue weighted by Crippen LogP contribution is 2.20. The van der Waals surface area contributed by atoms with Crippen LogP contribution in [-0.2, 0) is 0 Å². The lowest BCUT2D eigenvalue weighted by atomic mass is 10.2. The fourth-order valence-electron chi connectivity index (χ4n) is 1.64. The van der Waals surface area contributed by atoms with E-state index in [9.17, 15) is 4.79 Å². The van der Waals surface area contributed by atoms with Crippen LogP contribution in [-0.4, -0.2) is 17.5 Å². The van der Waals surface area contributed by atoms with Gasteiger partial charge >= 0.3 is 0 Å². The number of halogens is 1. The normalized spacial score (nSPS) is 10.1. The molecule has 0 spiro atoms. The zero-order valence-corrected chi connectivity index (χ0v) is 11.9. The van der Waals surface area contributed by atoms with Crippen molar-refractivity contribution in [1.82, 2.24) is 4.98 Å². The summed E-state index contributed by atoms with van der Waals surface area (Å²) in [4.78, 5) is 15.9. The Balaban J connectivity index is 2.10. The van der Waals surface area contributed by atoms with Crippen molar-refractivity contribution in [2.24, 2.45) is 0 Å². The number of hydrogen-bond donors (Lipinski definition) is 1. The van der Waals surface area contributed by atoms with Gasteiger partial charge in [-0.05, 0) is 24.6 Å². The zero-order chi connectivity index (χ0) is 14.4. The molecule has 20 heavy (non-hydrogen) atoms. The Morgan fingerprint density at radius 1 is 1.40 bits per heavy atom. The molecular weight excluding hydrogens is 276 g/mol. The summed E-state index contributed by atoms with van der Waals surface area (Å²) < 4.78 is 5.52. The van der Waals surface area contributed by atoms with E-state index in [1.165, 1.54) is 12.4 Å². The van der Waals surface area contributed by atoms with E-state index in [-0.39, 0.29) is 5.91 Å². The average Bonchev–Trinajstić information content (AvgIpc) is 2.46. The van der Waals surface area contributed by atoms with Crippen LogP contribution in [0.2, 0.25) is 5.02 Å². The standard InChI is InChI=1S/C15H15ClN2O2/c1-2-8-20-12-5-3-4-11(9-12)18-15(19)13-6-7-17-10-14(13)16/h3-7,9-10H,2,8H2,1H3,(H,18,19). The van der Waals surface area contributed by atoms with E-state index >= 15 is 0 Å². The van der Waals surface area contributed by atoms with Crippen LogP contribution in [0, 0.1) is 0 Å². The molecular formula is C15H15ClN2O2. The molecule has 4 nitrogen and oxygen atoms in total. The number of anilines is 1. The number of carbonyl (C=O) groups excluding carboxylic acids is 1. The maximum Gasteiger partial charge on any atom is 0.257 e. The van der Waals surface area contributed by atoms with E-state index in [4.69, 9.17) is 16.3 Å². The molecule has 1 N–H and O–H groups in total. The van der Waals surface area contributed by atoms with Crippen molar-refractivity contribution >= 4 is 23.2 Å². The third kappa shape index (κ3) is 3.71. The highest BCUT2D eigenvalue weighted by molar-refractivity contribution is 6.34. The minimum absolute atomic E-state index is 0.273. The fourth-order valence-corrected chi connectivity index (χ4v) is 1.85. The van der Waals surface area contributed by atoms with Gasteiger partial charge in [-0.15, -0.1) is 0 Å². The fraction of sp³-hybridized carbons (Fsp3) is 0.200. The summed E-state index contributed by atoms with van der Waals surface area (Å²) in [6, 6.07) is 8.84. The number of rotatable bonds is 5. The molecule has 0 aliphatic rings. The minimum atomic E-state index is -0.273. The first kappa shape index (κ1) is 14.3. The molecule has 0 unspecified atom stereocenters. The predicted octanol–water partition coefficient (Wildman–Crippen LogP) is 3.78. The Morgan fingerprint density at radius 3 is 3.00 bits per heavy atom. The molecule has 0 saturated carbocycles. The van der Waals surface area contributed by atoms with Gasteiger partial charge in [0, 0.05) is 24.1 Å². The van der Waals surface area contributed by atoms with Crippen LogP contribution in [0.3, 0.4) is 0 Å². The molecule has 0 atom stereocenters. The maximum atomic E-state index is 12.1. The maximum absolute atomic E-state index is 12.1. The first-order chi connectivity index (χ1) is 9.70. The van der Waals surface area contributed by atoms with Crippen molar-refractivity contribution in [3.63, 3.8) is 0 Å². The summed E-state index contributed by atoms with van der Waals surface area (Å²) >= 11 is 5.94. The van der Waals surface area contributed by atoms with Gasteiger partial charge in [-0.3, -0.25) is 9.78 Å². The summed E-state index contributed by atoms with van der Waals surface area (Å²) in [5.41, 5.74) is 1.05. The molecule has 0 fully saturated rings. The smallest absolute Gasteiger partial charge is 0.257 e. The largest absolute Gasteiger partial charge is 0.494 e. The molecule has 1 heterocycles. The number of carbonyl (C=O) groups is 1. The highest BCUT2D eigenvalue weighted by atomic mass is 35.5. The second kappa shape index (κ2) is 6.91. The van der Waals surface area contributed by atoms with E-state index in [1.807, 2.05) is 19.1 Å². The van der Waals surface area contributed by atoms with Crippen LogP contribution in [0.25, 0.3) is 0 Å². The number of nitrogens with zero attached hydrogens (tertiary/aromatic N) is 1. The lowest BCUT2D eigenvalue weighted by Gasteiger charge is -2.09. The third-order valence-corrected chi connectivity index (χ3v) is 2.88. The number of ether oxygens (including phenoxy) is 1. The van der Waals surface area contributed by atoms with Crippen molar-refractivity contribution in [3.8, 4) is 5.75 Å². The molecule has 0 radical (unpaired) electrons. The number of hydrogen-bond acceptors (Lipinski definition) is 3. The van der Waals surface area contributed by atoms with E-state index in [2.05, 4.69) is 10.3 Å². The van der Waals surface area contributed by atoms with E-state index in [1.54, 1.807) is 18.2 Å². The summed E-state index contributed by atoms with van der Waals surface area (Å²) in [6.45, 7) is 2.69. The topological polar surface area (TPSA) is 51.2 Å². The van der Waals surface area contributed by atoms with Gasteiger partial charge in [0.25, 0.3) is 5.91 Å². The lowest BCUT2D eigenvalue weighted by Crippen LogP contribution is -2.12. The Kier molecular flexibility index (Phi) is 4.96. The van der Waals surface area contributed by atoms with E-state index < -0.39 is 0 Å². The Morgan fingerprint density at radius 2 is 2.25 bits per heavy atom. The van der Waals surface area contributed by atoms with Gasteiger partial charge in [0.2, 0.25) is 0 Å². The third-order valence-electron chi connectivity index (χ3n) is 2.58. The number of benzene rings is 1. The molecule has 0 saturated heterocycles. The molecule has 0 aliphatic heterocycles. The average molecular weight is 291 g/mol. The zero-order valence-electron chi connectivity index (χ0n) is 11.1. The Bertz CT molecular complexity index is 602. The van der Waals surface area contributed by atoms with Crippen LogP contribution in [0.4, 0.5) is 5.69 Å². The first-order valence-electron chi connectivity index (χ1n) is 6.34. The number of pyridine rings is 1. The van der Waals surface area contributed by atoms with Gasteiger partial charge in [-0.2, -0.15) is 0 Å². The first-order valence-corrected chi connectivity index (χ1v) is 6.72. The van der Waals surface area contributed by atoms with Gasteiger partial charge in [-0.1, -0.05) is 24.6 Å². The number of nitrogens with one attached hydrogen (secondary N) is 1. The van der Waals surface area contributed by atoms with Gasteiger partial charge in [-0.25, -0.2) is 0 Å². The Hall–Kier alpha value is -2.07. The summed E-state index contributed by atoms with van der Waals surface area (Å²) in [7, 11) is 0. The van der Waals surface area contributed by atoms with E-state index in [0.717, 1.165) is 12.2 Å². The van der Waals surface area contributed by atoms with Crippen molar-refractivity contribution in [2.75, 3.05) is 11.9 Å². The van der Waals surface area contributed by atoms with Crippen LogP contribution in [0.15, 0.2) is 42.7 Å². The molecule has 1 aromatic carbocycles. The highest BCUT2D eigenvalue weighted by Gasteiger charge is 2.10. The summed E-state index contributed by atoms with van der Waals surface area (Å²) in [6.07, 6.45) is 3.90. The molecule has 104 valence electrons. The summed E-state index contributed by atoms with van der Waals surface area (Å²) in [5.74, 6) is 0.454. The molecule has 0 aliphatic carbocycles. The molecule has 1 amide bonds. The SMILES string of the molecule is CCCOc1cccc(NC(=O)c2ccncc2Cl)c1. The van der Waals surface area contributed by atoms with Crippen molar-refractivity contribution in [1.29, 1.82) is 0 Å². The van der Waals surface area contributed by atoms with Crippen molar-refractivity contribution in [2.45, 2.75) is 13.3 Å². The molecule has 1 aromatic heterocycles. The van der Waals surface area contributed by atoms with Crippen LogP contribution in [0.5, 0.6) is 5.75 Å². The quantitative estimate of drug-likeness (QED) is 0.912. The molecule has 2 rings (SSSR count). The van der Waals surface area contributed by atoms with Crippen LogP contribution in [0.1, 0.15) is 23.7 Å². The Labute approximate surface area is 122 Å². The van der Waals surface area contributed by atoms with Crippen LogP contribution < -0.4 is 10.1 Å². The van der Waals surface area contributed by atoms with Crippen LogP contribution >= 0.6 is 11.6 Å². The second-order valence-corrected chi connectivity index (χ2v) is 4.59. The lowest BCUT2D eigenvalue weighted by molar-refractivity contribution is 0.102. The minimum Gasteiger partial charge on any atom is -0.494 e. The van der Waals surface area contributed by atoms with Gasteiger partial charge < -0.3 is 10.1 Å². The monoisotopic (exact) mass is 290 g/mol. The van der Waals surface area contributed by atoms with Gasteiger partial charge in [0.1, 0.15) is 5.75 Å². The summed E-state index contributed by atoms with van der Waals surface area (Å²) in [5, 5.41) is 3.11. The van der Waals surface area contributed by atoms with Crippen molar-refractivity contribution in [3.05, 3.63) is 53.3 Å². The van der Waals surface area contributed by atoms with E-state index in [0.29, 0.717) is 22.9 Å². The molecule has 5 heteroatoms. The van der Waals surface area contributed by atoms with Crippen molar-refractivity contribution < 1.29 is 9.53 Å².